The predicted molar refractivity (Wildman–Crippen MR) is 64.3 cm³/mol. The maximum Gasteiger partial charge on any atom is 0.133 e. The van der Waals surface area contributed by atoms with Gasteiger partial charge in [-0.05, 0) is 33.0 Å². The summed E-state index contributed by atoms with van der Waals surface area (Å²) in [5.41, 5.74) is 0. The van der Waals surface area contributed by atoms with Gasteiger partial charge in [0.15, 0.2) is 0 Å². The van der Waals surface area contributed by atoms with Crippen LogP contribution in [0.3, 0.4) is 0 Å². The molecule has 0 saturated carbocycles. The van der Waals surface area contributed by atoms with Crippen LogP contribution in [0.2, 0.25) is 0 Å². The smallest absolute Gasteiger partial charge is 0.133 e. The second-order valence-electron chi connectivity index (χ2n) is 4.31. The third-order valence-electron chi connectivity index (χ3n) is 2.73. The largest absolute Gasteiger partial charge is 0.467 e. The van der Waals surface area contributed by atoms with Crippen LogP contribution >= 0.6 is 0 Å². The van der Waals surface area contributed by atoms with E-state index in [1.165, 1.54) is 0 Å². The number of hydrogen-bond donors (Lipinski definition) is 2. The molecule has 0 aliphatic carbocycles. The van der Waals surface area contributed by atoms with Crippen LogP contribution in [0, 0.1) is 0 Å². The first kappa shape index (κ1) is 13.2. The Morgan fingerprint density at radius 2 is 2.25 bits per heavy atom. The highest BCUT2D eigenvalue weighted by molar-refractivity contribution is 5.02. The first-order chi connectivity index (χ1) is 7.61. The number of furan rings is 1. The van der Waals surface area contributed by atoms with E-state index in [2.05, 4.69) is 31.1 Å². The molecule has 0 amide bonds. The van der Waals surface area contributed by atoms with Crippen LogP contribution in [-0.2, 0) is 0 Å². The first-order valence-electron chi connectivity index (χ1n) is 5.73. The molecule has 0 fully saturated rings. The van der Waals surface area contributed by atoms with Gasteiger partial charge in [-0.15, -0.1) is 0 Å². The SMILES string of the molecule is CC(C)N(C)CCNCC(O)c1ccco1. The van der Waals surface area contributed by atoms with Crippen LogP contribution in [-0.4, -0.2) is 42.7 Å². The summed E-state index contributed by atoms with van der Waals surface area (Å²) in [6.07, 6.45) is 1.02. The quantitative estimate of drug-likeness (QED) is 0.687. The Kier molecular flexibility index (Phi) is 5.52. The summed E-state index contributed by atoms with van der Waals surface area (Å²) in [7, 11) is 2.09. The number of aliphatic hydroxyl groups excluding tert-OH is 1. The van der Waals surface area contributed by atoms with Crippen LogP contribution in [0.5, 0.6) is 0 Å². The number of nitrogens with one attached hydrogen (secondary N) is 1. The maximum absolute atomic E-state index is 9.71. The van der Waals surface area contributed by atoms with Crippen molar-refractivity contribution in [3.8, 4) is 0 Å². The Bertz CT molecular complexity index is 273. The van der Waals surface area contributed by atoms with E-state index >= 15 is 0 Å². The van der Waals surface area contributed by atoms with Crippen molar-refractivity contribution in [3.63, 3.8) is 0 Å². The van der Waals surface area contributed by atoms with Crippen molar-refractivity contribution in [2.75, 3.05) is 26.7 Å². The average molecular weight is 226 g/mol. The zero-order valence-electron chi connectivity index (χ0n) is 10.3. The highest BCUT2D eigenvalue weighted by Gasteiger charge is 2.09. The molecule has 1 aromatic rings. The van der Waals surface area contributed by atoms with Crippen LogP contribution in [0.1, 0.15) is 25.7 Å². The molecule has 1 unspecified atom stereocenters. The van der Waals surface area contributed by atoms with E-state index in [0.29, 0.717) is 18.3 Å². The highest BCUT2D eigenvalue weighted by Crippen LogP contribution is 2.11. The van der Waals surface area contributed by atoms with Crippen molar-refractivity contribution in [2.24, 2.45) is 0 Å². The number of aliphatic hydroxyl groups is 1. The van der Waals surface area contributed by atoms with Gasteiger partial charge in [0.2, 0.25) is 0 Å². The minimum Gasteiger partial charge on any atom is -0.467 e. The summed E-state index contributed by atoms with van der Waals surface area (Å²) >= 11 is 0. The summed E-state index contributed by atoms with van der Waals surface area (Å²) in [5, 5.41) is 12.9. The molecule has 0 saturated heterocycles. The van der Waals surface area contributed by atoms with Crippen LogP contribution in [0.15, 0.2) is 22.8 Å². The number of nitrogens with zero attached hydrogens (tertiary/aromatic N) is 1. The minimum atomic E-state index is -0.556. The van der Waals surface area contributed by atoms with E-state index in [0.717, 1.165) is 13.1 Å². The molecule has 2 N–H and O–H groups in total. The van der Waals surface area contributed by atoms with E-state index in [1.54, 1.807) is 18.4 Å². The van der Waals surface area contributed by atoms with E-state index < -0.39 is 6.10 Å². The standard InChI is InChI=1S/C12H22N2O2/c1-10(2)14(3)7-6-13-9-11(15)12-5-4-8-16-12/h4-5,8,10-11,13,15H,6-7,9H2,1-3H3. The van der Waals surface area contributed by atoms with Gasteiger partial charge < -0.3 is 19.7 Å². The molecule has 0 aliphatic rings. The molecule has 0 aromatic carbocycles. The van der Waals surface area contributed by atoms with E-state index in [4.69, 9.17) is 4.42 Å². The molecule has 0 bridgehead atoms. The molecule has 0 radical (unpaired) electrons. The lowest BCUT2D eigenvalue weighted by Crippen LogP contribution is -2.35. The molecule has 92 valence electrons. The fraction of sp³-hybridized carbons (Fsp3) is 0.667. The lowest BCUT2D eigenvalue weighted by atomic mass is 10.2. The van der Waals surface area contributed by atoms with Gasteiger partial charge >= 0.3 is 0 Å². The molecule has 1 atom stereocenters. The normalized spacial score (nSPS) is 13.6. The van der Waals surface area contributed by atoms with Gasteiger partial charge in [-0.25, -0.2) is 0 Å². The Morgan fingerprint density at radius 1 is 1.50 bits per heavy atom. The first-order valence-corrected chi connectivity index (χ1v) is 5.73. The molecule has 16 heavy (non-hydrogen) atoms. The van der Waals surface area contributed by atoms with Crippen molar-refractivity contribution >= 4 is 0 Å². The number of likely N-dealkylation sites (N-methyl/N-ethyl adjacent to an activating group) is 1. The summed E-state index contributed by atoms with van der Waals surface area (Å²) < 4.78 is 5.11. The molecule has 0 aliphatic heterocycles. The lowest BCUT2D eigenvalue weighted by Gasteiger charge is -2.21. The fourth-order valence-electron chi connectivity index (χ4n) is 1.33. The van der Waals surface area contributed by atoms with Gasteiger partial charge in [0.25, 0.3) is 0 Å². The molecule has 4 nitrogen and oxygen atoms in total. The summed E-state index contributed by atoms with van der Waals surface area (Å²) in [6, 6.07) is 4.12. The van der Waals surface area contributed by atoms with Crippen LogP contribution < -0.4 is 5.32 Å². The van der Waals surface area contributed by atoms with Crippen molar-refractivity contribution in [2.45, 2.75) is 26.0 Å². The summed E-state index contributed by atoms with van der Waals surface area (Å²) in [5.74, 6) is 0.615. The van der Waals surface area contributed by atoms with Gasteiger partial charge in [-0.1, -0.05) is 0 Å². The van der Waals surface area contributed by atoms with Gasteiger partial charge in [0.1, 0.15) is 11.9 Å². The Balaban J connectivity index is 2.12. The fourth-order valence-corrected chi connectivity index (χ4v) is 1.33. The molecular formula is C12H22N2O2. The maximum atomic E-state index is 9.71. The Labute approximate surface area is 97.2 Å². The van der Waals surface area contributed by atoms with E-state index in [9.17, 15) is 5.11 Å². The molecule has 1 heterocycles. The zero-order chi connectivity index (χ0) is 12.0. The number of hydrogen-bond acceptors (Lipinski definition) is 4. The Morgan fingerprint density at radius 3 is 2.81 bits per heavy atom. The topological polar surface area (TPSA) is 48.6 Å². The van der Waals surface area contributed by atoms with E-state index in [-0.39, 0.29) is 0 Å². The second kappa shape index (κ2) is 6.68. The average Bonchev–Trinajstić information content (AvgIpc) is 2.76. The summed E-state index contributed by atoms with van der Waals surface area (Å²) in [4.78, 5) is 2.26. The number of rotatable bonds is 7. The van der Waals surface area contributed by atoms with E-state index in [1.807, 2.05) is 0 Å². The van der Waals surface area contributed by atoms with Gasteiger partial charge in [0, 0.05) is 25.7 Å². The van der Waals surface area contributed by atoms with Gasteiger partial charge in [0.05, 0.1) is 6.26 Å². The molecule has 0 spiro atoms. The van der Waals surface area contributed by atoms with Gasteiger partial charge in [-0.2, -0.15) is 0 Å². The molecule has 1 rings (SSSR count). The van der Waals surface area contributed by atoms with Crippen molar-refractivity contribution < 1.29 is 9.52 Å². The summed E-state index contributed by atoms with van der Waals surface area (Å²) in [6.45, 7) is 6.70. The molecule has 4 heteroatoms. The Hall–Kier alpha value is -0.840. The minimum absolute atomic E-state index is 0.527. The van der Waals surface area contributed by atoms with Crippen LogP contribution in [0.25, 0.3) is 0 Å². The monoisotopic (exact) mass is 226 g/mol. The van der Waals surface area contributed by atoms with Crippen molar-refractivity contribution in [1.82, 2.24) is 10.2 Å². The van der Waals surface area contributed by atoms with Crippen LogP contribution in [0.4, 0.5) is 0 Å². The highest BCUT2D eigenvalue weighted by atomic mass is 16.4. The van der Waals surface area contributed by atoms with Crippen molar-refractivity contribution in [1.29, 1.82) is 0 Å². The third-order valence-corrected chi connectivity index (χ3v) is 2.73. The second-order valence-corrected chi connectivity index (χ2v) is 4.31. The predicted octanol–water partition coefficient (Wildman–Crippen LogP) is 1.24. The third kappa shape index (κ3) is 4.35. The molecular weight excluding hydrogens is 204 g/mol. The molecule has 1 aromatic heterocycles. The zero-order valence-corrected chi connectivity index (χ0v) is 10.3. The van der Waals surface area contributed by atoms with Crippen molar-refractivity contribution in [3.05, 3.63) is 24.2 Å². The van der Waals surface area contributed by atoms with Gasteiger partial charge in [-0.3, -0.25) is 0 Å². The lowest BCUT2D eigenvalue weighted by molar-refractivity contribution is 0.145.